The lowest BCUT2D eigenvalue weighted by Gasteiger charge is -2.14. The van der Waals surface area contributed by atoms with Gasteiger partial charge in [0.2, 0.25) is 0 Å². The van der Waals surface area contributed by atoms with E-state index in [0.717, 1.165) is 58.9 Å². The summed E-state index contributed by atoms with van der Waals surface area (Å²) in [5.74, 6) is 1.53. The Kier molecular flexibility index (Phi) is 3.48. The van der Waals surface area contributed by atoms with Crippen LogP contribution < -0.4 is 10.1 Å². The first kappa shape index (κ1) is 16.1. The van der Waals surface area contributed by atoms with Crippen LogP contribution in [0.4, 0.5) is 0 Å². The molecule has 0 amide bonds. The summed E-state index contributed by atoms with van der Waals surface area (Å²) in [5.41, 5.74) is 5.94. The Hall–Kier alpha value is -2.90. The number of hydrogen-bond donors (Lipinski definition) is 1. The third kappa shape index (κ3) is 2.36. The van der Waals surface area contributed by atoms with Gasteiger partial charge in [0.25, 0.3) is 0 Å². The van der Waals surface area contributed by atoms with Crippen LogP contribution in [0.1, 0.15) is 28.7 Å². The van der Waals surface area contributed by atoms with Crippen molar-refractivity contribution in [3.05, 3.63) is 58.4 Å². The molecule has 0 radical (unpaired) electrons. The number of furan rings is 1. The average Bonchev–Trinajstić information content (AvgIpc) is 3.43. The summed E-state index contributed by atoms with van der Waals surface area (Å²) in [6.07, 6.45) is 4.41. The van der Waals surface area contributed by atoms with Gasteiger partial charge in [-0.2, -0.15) is 0 Å². The largest absolute Gasteiger partial charge is 0.481 e. The van der Waals surface area contributed by atoms with Crippen molar-refractivity contribution < 1.29 is 13.7 Å². The van der Waals surface area contributed by atoms with Crippen molar-refractivity contribution in [2.75, 3.05) is 6.54 Å². The number of ether oxygens (including phenoxy) is 1. The predicted molar refractivity (Wildman–Crippen MR) is 101 cm³/mol. The van der Waals surface area contributed by atoms with Crippen LogP contribution in [0.2, 0.25) is 5.02 Å². The molecule has 2 aliphatic heterocycles. The molecule has 7 nitrogen and oxygen atoms in total. The van der Waals surface area contributed by atoms with E-state index in [0.29, 0.717) is 22.7 Å². The Bertz CT molecular complexity index is 1220. The molecule has 8 heteroatoms. The number of benzene rings is 1. The zero-order valence-electron chi connectivity index (χ0n) is 14.7. The Balaban J connectivity index is 1.46. The van der Waals surface area contributed by atoms with E-state index in [2.05, 4.69) is 20.4 Å². The molecular formula is C20H15ClN4O3. The highest BCUT2D eigenvalue weighted by Gasteiger charge is 2.34. The lowest BCUT2D eigenvalue weighted by atomic mass is 10.0. The van der Waals surface area contributed by atoms with Crippen LogP contribution in [-0.4, -0.2) is 21.7 Å². The van der Waals surface area contributed by atoms with Crippen molar-refractivity contribution in [3.8, 4) is 17.0 Å². The highest BCUT2D eigenvalue weighted by atomic mass is 35.5. The smallest absolute Gasteiger partial charge is 0.182 e. The summed E-state index contributed by atoms with van der Waals surface area (Å²) in [5, 5.41) is 8.23. The molecule has 4 aromatic rings. The molecule has 0 bridgehead atoms. The van der Waals surface area contributed by atoms with Crippen LogP contribution >= 0.6 is 11.6 Å². The number of nitrogens with one attached hydrogen (secondary N) is 1. The summed E-state index contributed by atoms with van der Waals surface area (Å²) < 4.78 is 17.7. The molecule has 6 rings (SSSR count). The maximum atomic E-state index is 6.42. The van der Waals surface area contributed by atoms with Gasteiger partial charge in [-0.15, -0.1) is 0 Å². The average molecular weight is 395 g/mol. The van der Waals surface area contributed by atoms with Gasteiger partial charge in [0.05, 0.1) is 12.0 Å². The van der Waals surface area contributed by atoms with E-state index >= 15 is 0 Å². The summed E-state index contributed by atoms with van der Waals surface area (Å²) in [7, 11) is 0. The summed E-state index contributed by atoms with van der Waals surface area (Å²) in [6, 6.07) is 5.59. The van der Waals surface area contributed by atoms with Crippen molar-refractivity contribution >= 4 is 22.7 Å². The summed E-state index contributed by atoms with van der Waals surface area (Å²) in [4.78, 5) is 8.67. The molecular weight excluding hydrogens is 380 g/mol. The third-order valence-electron chi connectivity index (χ3n) is 5.33. The van der Waals surface area contributed by atoms with E-state index in [1.54, 1.807) is 6.26 Å². The first-order valence-electron chi connectivity index (χ1n) is 9.13. The molecule has 1 aromatic carbocycles. The first-order chi connectivity index (χ1) is 13.8. The number of aromatic nitrogens is 3. The van der Waals surface area contributed by atoms with Gasteiger partial charge in [0.15, 0.2) is 17.4 Å². The molecule has 0 spiro atoms. The van der Waals surface area contributed by atoms with Crippen molar-refractivity contribution in [2.45, 2.75) is 25.5 Å². The molecule has 0 saturated heterocycles. The Labute approximate surface area is 164 Å². The minimum atomic E-state index is -0.239. The fraction of sp³-hybridized carbons (Fsp3) is 0.250. The van der Waals surface area contributed by atoms with E-state index in [1.807, 2.05) is 18.2 Å². The molecule has 140 valence electrons. The number of hydrogen-bond acceptors (Lipinski definition) is 7. The standard InChI is InChI=1S/C20H15ClN4O3/c21-11-5-10-6-16(19-13-8-22-3-1-14(13)25-28-19)27-18(10)12(7-11)17-20-15(2-4-26-20)23-9-24-17/h2,4-5,7,9,16,22H,1,3,6,8H2/t16-/m1/s1. The molecule has 1 atom stereocenters. The number of fused-ring (bicyclic) bond motifs is 3. The molecule has 2 aliphatic rings. The maximum absolute atomic E-state index is 6.42. The lowest BCUT2D eigenvalue weighted by molar-refractivity contribution is 0.189. The second-order valence-corrected chi connectivity index (χ2v) is 7.44. The predicted octanol–water partition coefficient (Wildman–Crippen LogP) is 3.85. The minimum Gasteiger partial charge on any atom is -0.481 e. The van der Waals surface area contributed by atoms with Crippen molar-refractivity contribution in [2.24, 2.45) is 0 Å². The third-order valence-corrected chi connectivity index (χ3v) is 5.55. The topological polar surface area (TPSA) is 86.2 Å². The second kappa shape index (κ2) is 6.05. The SMILES string of the molecule is Clc1cc2c(c(-c3ncnc4ccoc34)c1)O[C@@H](c1onc3c1CNCC3)C2. The number of rotatable bonds is 2. The zero-order chi connectivity index (χ0) is 18.7. The van der Waals surface area contributed by atoms with Gasteiger partial charge >= 0.3 is 0 Å². The quantitative estimate of drug-likeness (QED) is 0.552. The van der Waals surface area contributed by atoms with Gasteiger partial charge in [0, 0.05) is 53.7 Å². The van der Waals surface area contributed by atoms with Gasteiger partial charge in [-0.1, -0.05) is 16.8 Å². The summed E-state index contributed by atoms with van der Waals surface area (Å²) in [6.45, 7) is 1.66. The molecule has 28 heavy (non-hydrogen) atoms. The van der Waals surface area contributed by atoms with E-state index < -0.39 is 0 Å². The monoisotopic (exact) mass is 394 g/mol. The van der Waals surface area contributed by atoms with Crippen LogP contribution in [0.15, 0.2) is 39.7 Å². The molecule has 0 saturated carbocycles. The molecule has 0 aliphatic carbocycles. The van der Waals surface area contributed by atoms with Gasteiger partial charge in [0.1, 0.15) is 23.3 Å². The molecule has 3 aromatic heterocycles. The second-order valence-electron chi connectivity index (χ2n) is 7.01. The Morgan fingerprint density at radius 2 is 2.18 bits per heavy atom. The van der Waals surface area contributed by atoms with E-state index in [4.69, 9.17) is 25.3 Å². The highest BCUT2D eigenvalue weighted by molar-refractivity contribution is 6.31. The molecule has 0 fully saturated rings. The first-order valence-corrected chi connectivity index (χ1v) is 9.51. The van der Waals surface area contributed by atoms with Gasteiger partial charge in [-0.05, 0) is 12.1 Å². The number of halogens is 1. The zero-order valence-corrected chi connectivity index (χ0v) is 15.5. The Morgan fingerprint density at radius 3 is 3.14 bits per heavy atom. The van der Waals surface area contributed by atoms with Gasteiger partial charge in [-0.3, -0.25) is 0 Å². The fourth-order valence-corrected chi connectivity index (χ4v) is 4.28. The van der Waals surface area contributed by atoms with Crippen LogP contribution in [-0.2, 0) is 19.4 Å². The van der Waals surface area contributed by atoms with Gasteiger partial charge < -0.3 is 19.0 Å². The number of nitrogens with zero attached hydrogens (tertiary/aromatic N) is 3. The fourth-order valence-electron chi connectivity index (χ4n) is 4.04. The molecule has 5 heterocycles. The van der Waals surface area contributed by atoms with Crippen molar-refractivity contribution in [3.63, 3.8) is 0 Å². The van der Waals surface area contributed by atoms with Crippen molar-refractivity contribution in [1.29, 1.82) is 0 Å². The molecule has 1 N–H and O–H groups in total. The van der Waals surface area contributed by atoms with E-state index in [-0.39, 0.29) is 6.10 Å². The Morgan fingerprint density at radius 1 is 1.21 bits per heavy atom. The van der Waals surface area contributed by atoms with Crippen LogP contribution in [0.25, 0.3) is 22.4 Å². The van der Waals surface area contributed by atoms with Crippen LogP contribution in [0, 0.1) is 0 Å². The minimum absolute atomic E-state index is 0.239. The van der Waals surface area contributed by atoms with Gasteiger partial charge in [-0.25, -0.2) is 9.97 Å². The highest BCUT2D eigenvalue weighted by Crippen LogP contribution is 2.46. The summed E-state index contributed by atoms with van der Waals surface area (Å²) >= 11 is 6.42. The van der Waals surface area contributed by atoms with E-state index in [1.165, 1.54) is 6.33 Å². The maximum Gasteiger partial charge on any atom is 0.182 e. The van der Waals surface area contributed by atoms with Crippen LogP contribution in [0.3, 0.4) is 0 Å². The normalized spacial score (nSPS) is 18.1. The van der Waals surface area contributed by atoms with E-state index in [9.17, 15) is 0 Å². The lowest BCUT2D eigenvalue weighted by Crippen LogP contribution is -2.24. The van der Waals surface area contributed by atoms with Crippen molar-refractivity contribution in [1.82, 2.24) is 20.4 Å². The van der Waals surface area contributed by atoms with Crippen LogP contribution in [0.5, 0.6) is 5.75 Å². The molecule has 0 unspecified atom stereocenters.